The Hall–Kier alpha value is -2.20. The van der Waals surface area contributed by atoms with Crippen LogP contribution >= 0.6 is 0 Å². The highest BCUT2D eigenvalue weighted by Gasteiger charge is 2.11. The number of nitrogens with zero attached hydrogens (tertiary/aromatic N) is 3. The van der Waals surface area contributed by atoms with Gasteiger partial charge >= 0.3 is 0 Å². The van der Waals surface area contributed by atoms with Crippen LogP contribution in [0.1, 0.15) is 17.0 Å². The van der Waals surface area contributed by atoms with Crippen molar-refractivity contribution in [3.8, 4) is 11.3 Å². The van der Waals surface area contributed by atoms with Crippen molar-refractivity contribution < 1.29 is 0 Å². The fourth-order valence-corrected chi connectivity index (χ4v) is 2.46. The Labute approximate surface area is 118 Å². The fourth-order valence-electron chi connectivity index (χ4n) is 2.46. The van der Waals surface area contributed by atoms with Crippen molar-refractivity contribution in [2.24, 2.45) is 0 Å². The number of hydrogen-bond donors (Lipinski definition) is 1. The minimum Gasteiger partial charge on any atom is -0.314 e. The first kappa shape index (κ1) is 12.8. The van der Waals surface area contributed by atoms with Crippen molar-refractivity contribution in [2.45, 2.75) is 20.4 Å². The van der Waals surface area contributed by atoms with Gasteiger partial charge in [-0.05, 0) is 38.6 Å². The molecule has 0 saturated carbocycles. The van der Waals surface area contributed by atoms with E-state index in [0.717, 1.165) is 34.8 Å². The van der Waals surface area contributed by atoms with Crippen LogP contribution in [0.2, 0.25) is 0 Å². The average molecular weight is 266 g/mol. The summed E-state index contributed by atoms with van der Waals surface area (Å²) in [5.41, 5.74) is 6.39. The third kappa shape index (κ3) is 2.08. The molecule has 20 heavy (non-hydrogen) atoms. The van der Waals surface area contributed by atoms with E-state index in [9.17, 15) is 0 Å². The Kier molecular flexibility index (Phi) is 3.24. The van der Waals surface area contributed by atoms with Crippen molar-refractivity contribution in [3.63, 3.8) is 0 Å². The van der Waals surface area contributed by atoms with Crippen molar-refractivity contribution in [1.29, 1.82) is 0 Å². The van der Waals surface area contributed by atoms with Gasteiger partial charge in [0, 0.05) is 12.1 Å². The summed E-state index contributed by atoms with van der Waals surface area (Å²) in [4.78, 5) is 4.55. The van der Waals surface area contributed by atoms with Gasteiger partial charge in [-0.1, -0.05) is 24.3 Å². The van der Waals surface area contributed by atoms with Gasteiger partial charge < -0.3 is 5.32 Å². The molecule has 3 rings (SSSR count). The van der Waals surface area contributed by atoms with Crippen molar-refractivity contribution in [1.82, 2.24) is 19.9 Å². The van der Waals surface area contributed by atoms with E-state index < -0.39 is 0 Å². The zero-order valence-corrected chi connectivity index (χ0v) is 12.0. The molecule has 1 aromatic carbocycles. The highest BCUT2D eigenvalue weighted by molar-refractivity contribution is 5.64. The van der Waals surface area contributed by atoms with Crippen LogP contribution in [0.5, 0.6) is 0 Å². The smallest absolute Gasteiger partial charge is 0.154 e. The highest BCUT2D eigenvalue weighted by atomic mass is 15.3. The molecule has 1 N–H and O–H groups in total. The van der Waals surface area contributed by atoms with Crippen LogP contribution in [0.15, 0.2) is 36.4 Å². The second-order valence-electron chi connectivity index (χ2n) is 4.98. The fraction of sp³-hybridized carbons (Fsp3) is 0.250. The Bertz CT molecular complexity index is 758. The molecule has 0 unspecified atom stereocenters. The number of aryl methyl sites for hydroxylation is 2. The summed E-state index contributed by atoms with van der Waals surface area (Å²) in [5, 5.41) is 7.93. The number of rotatable bonds is 3. The van der Waals surface area contributed by atoms with Gasteiger partial charge in [-0.25, -0.2) is 9.50 Å². The zero-order valence-electron chi connectivity index (χ0n) is 12.0. The summed E-state index contributed by atoms with van der Waals surface area (Å²) >= 11 is 0. The minimum absolute atomic E-state index is 0.761. The average Bonchev–Trinajstić information content (AvgIpc) is 2.76. The van der Waals surface area contributed by atoms with Gasteiger partial charge in [-0.2, -0.15) is 5.10 Å². The number of aromatic nitrogens is 3. The van der Waals surface area contributed by atoms with Gasteiger partial charge in [-0.3, -0.25) is 0 Å². The molecule has 0 bridgehead atoms. The molecule has 4 heteroatoms. The monoisotopic (exact) mass is 266 g/mol. The molecule has 2 heterocycles. The number of imidazole rings is 1. The Morgan fingerprint density at radius 3 is 2.65 bits per heavy atom. The van der Waals surface area contributed by atoms with E-state index in [4.69, 9.17) is 5.10 Å². The van der Waals surface area contributed by atoms with Gasteiger partial charge in [0.2, 0.25) is 0 Å². The van der Waals surface area contributed by atoms with E-state index in [-0.39, 0.29) is 0 Å². The molecular weight excluding hydrogens is 248 g/mol. The topological polar surface area (TPSA) is 42.2 Å². The first-order chi connectivity index (χ1) is 9.70. The van der Waals surface area contributed by atoms with Gasteiger partial charge in [0.1, 0.15) is 0 Å². The Morgan fingerprint density at radius 1 is 1.10 bits per heavy atom. The van der Waals surface area contributed by atoms with Crippen LogP contribution in [0.4, 0.5) is 0 Å². The van der Waals surface area contributed by atoms with Gasteiger partial charge in [0.05, 0.1) is 17.1 Å². The molecule has 0 spiro atoms. The molecule has 0 atom stereocenters. The largest absolute Gasteiger partial charge is 0.314 e. The predicted molar refractivity (Wildman–Crippen MR) is 80.7 cm³/mol. The van der Waals surface area contributed by atoms with Crippen molar-refractivity contribution in [3.05, 3.63) is 53.3 Å². The zero-order chi connectivity index (χ0) is 14.1. The van der Waals surface area contributed by atoms with Crippen LogP contribution in [0.3, 0.4) is 0 Å². The summed E-state index contributed by atoms with van der Waals surface area (Å²) in [7, 11) is 1.93. The molecule has 3 aromatic rings. The lowest BCUT2D eigenvalue weighted by atomic mass is 10.1. The van der Waals surface area contributed by atoms with Crippen LogP contribution in [-0.4, -0.2) is 21.6 Å². The molecule has 2 aromatic heterocycles. The molecule has 0 saturated heterocycles. The van der Waals surface area contributed by atoms with Crippen LogP contribution in [0, 0.1) is 13.8 Å². The third-order valence-electron chi connectivity index (χ3n) is 3.54. The second-order valence-corrected chi connectivity index (χ2v) is 4.98. The number of hydrogen-bond acceptors (Lipinski definition) is 3. The molecule has 0 aliphatic carbocycles. The summed E-state index contributed by atoms with van der Waals surface area (Å²) in [6, 6.07) is 12.4. The number of benzene rings is 1. The van der Waals surface area contributed by atoms with Crippen molar-refractivity contribution in [2.75, 3.05) is 7.05 Å². The normalized spacial score (nSPS) is 11.2. The lowest BCUT2D eigenvalue weighted by Crippen LogP contribution is -2.10. The minimum atomic E-state index is 0.761. The highest BCUT2D eigenvalue weighted by Crippen LogP contribution is 2.22. The van der Waals surface area contributed by atoms with Crippen molar-refractivity contribution >= 4 is 5.65 Å². The first-order valence-corrected chi connectivity index (χ1v) is 6.76. The van der Waals surface area contributed by atoms with E-state index in [0.29, 0.717) is 0 Å². The lowest BCUT2D eigenvalue weighted by molar-refractivity contribution is 0.744. The second kappa shape index (κ2) is 5.06. The van der Waals surface area contributed by atoms with E-state index in [1.165, 1.54) is 5.56 Å². The molecule has 4 nitrogen and oxygen atoms in total. The summed E-state index contributed by atoms with van der Waals surface area (Å²) in [5.74, 6) is 0. The molecule has 0 fully saturated rings. The molecule has 0 amide bonds. The molecule has 102 valence electrons. The number of fused-ring (bicyclic) bond motifs is 1. The quantitative estimate of drug-likeness (QED) is 0.792. The lowest BCUT2D eigenvalue weighted by Gasteiger charge is -2.07. The van der Waals surface area contributed by atoms with Gasteiger partial charge in [0.15, 0.2) is 5.65 Å². The first-order valence-electron chi connectivity index (χ1n) is 6.76. The Balaban J connectivity index is 2.19. The van der Waals surface area contributed by atoms with Gasteiger partial charge in [0.25, 0.3) is 0 Å². The maximum Gasteiger partial charge on any atom is 0.154 e. The van der Waals surface area contributed by atoms with Crippen LogP contribution < -0.4 is 5.32 Å². The molecular formula is C16H18N4. The molecule has 0 aliphatic heterocycles. The van der Waals surface area contributed by atoms with E-state index in [1.54, 1.807) is 0 Å². The predicted octanol–water partition coefficient (Wildman–Crippen LogP) is 2.73. The summed E-state index contributed by atoms with van der Waals surface area (Å²) in [6.45, 7) is 4.89. The van der Waals surface area contributed by atoms with E-state index in [2.05, 4.69) is 29.4 Å². The molecule has 0 radical (unpaired) electrons. The van der Waals surface area contributed by atoms with E-state index >= 15 is 0 Å². The van der Waals surface area contributed by atoms with Gasteiger partial charge in [-0.15, -0.1) is 0 Å². The maximum absolute atomic E-state index is 4.76. The van der Waals surface area contributed by atoms with E-state index in [1.807, 2.05) is 42.8 Å². The van der Waals surface area contributed by atoms with Crippen LogP contribution in [0.25, 0.3) is 16.9 Å². The SMILES string of the molecule is CNCc1c(C)nc2ccc(-c3ccccc3C)nn12. The van der Waals surface area contributed by atoms with Crippen LogP contribution in [-0.2, 0) is 6.54 Å². The molecule has 0 aliphatic rings. The Morgan fingerprint density at radius 2 is 1.90 bits per heavy atom. The maximum atomic E-state index is 4.76. The summed E-state index contributed by atoms with van der Waals surface area (Å²) in [6.07, 6.45) is 0. The third-order valence-corrected chi connectivity index (χ3v) is 3.54. The number of nitrogens with one attached hydrogen (secondary N) is 1. The summed E-state index contributed by atoms with van der Waals surface area (Å²) < 4.78 is 1.94. The standard InChI is InChI=1S/C16H18N4/c1-11-6-4-5-7-13(11)14-8-9-16-18-12(2)15(10-17-3)20(16)19-14/h4-9,17H,10H2,1-3H3.